The van der Waals surface area contributed by atoms with Crippen LogP contribution in [0, 0.1) is 0 Å². The van der Waals surface area contributed by atoms with Crippen LogP contribution in [0.15, 0.2) is 59.3 Å². The Morgan fingerprint density at radius 3 is 2.77 bits per heavy atom. The third-order valence-corrected chi connectivity index (χ3v) is 7.75. The summed E-state index contributed by atoms with van der Waals surface area (Å²) in [4.78, 5) is 43.0. The second-order valence-corrected chi connectivity index (χ2v) is 10.8. The summed E-state index contributed by atoms with van der Waals surface area (Å²) in [6, 6.07) is 14.2. The van der Waals surface area contributed by atoms with Crippen molar-refractivity contribution < 1.29 is 37.9 Å². The van der Waals surface area contributed by atoms with Crippen molar-refractivity contribution in [3.63, 3.8) is 0 Å². The van der Waals surface area contributed by atoms with Crippen molar-refractivity contribution in [3.05, 3.63) is 71.6 Å². The monoisotopic (exact) mass is 606 g/mol. The number of amides is 3. The third kappa shape index (κ3) is 7.94. The van der Waals surface area contributed by atoms with Crippen LogP contribution < -0.4 is 14.8 Å². The lowest BCUT2D eigenvalue weighted by Crippen LogP contribution is -2.58. The highest BCUT2D eigenvalue weighted by Gasteiger charge is 2.35. The van der Waals surface area contributed by atoms with Crippen LogP contribution in [-0.2, 0) is 32.1 Å². The van der Waals surface area contributed by atoms with Crippen LogP contribution in [0.25, 0.3) is 0 Å². The molecule has 6 rings (SSSR count). The van der Waals surface area contributed by atoms with Crippen molar-refractivity contribution >= 4 is 17.7 Å². The van der Waals surface area contributed by atoms with E-state index in [0.29, 0.717) is 56.2 Å². The molecular weight excluding hydrogens is 568 g/mol. The van der Waals surface area contributed by atoms with E-state index in [0.717, 1.165) is 11.1 Å². The molecule has 3 aliphatic rings. The van der Waals surface area contributed by atoms with Crippen LogP contribution in [0.2, 0.25) is 0 Å². The maximum absolute atomic E-state index is 13.4. The van der Waals surface area contributed by atoms with Crippen LogP contribution in [-0.4, -0.2) is 91.8 Å². The SMILES string of the molecule is COCCCN1CC(=O)N[C@H]2CN(C(=O)c3ccon3)CC[C@H]2OCc2cccc(c2)Oc2ccc(cc2OC)CCC1=O. The van der Waals surface area contributed by atoms with Gasteiger partial charge >= 0.3 is 0 Å². The minimum atomic E-state index is -0.510. The molecule has 4 heterocycles. The largest absolute Gasteiger partial charge is 0.493 e. The molecule has 2 atom stereocenters. The molecule has 1 aromatic heterocycles. The number of aromatic nitrogens is 1. The predicted molar refractivity (Wildman–Crippen MR) is 158 cm³/mol. The highest BCUT2D eigenvalue weighted by molar-refractivity contribution is 5.92. The topological polar surface area (TPSA) is 133 Å². The van der Waals surface area contributed by atoms with E-state index in [2.05, 4.69) is 10.5 Å². The minimum Gasteiger partial charge on any atom is -0.493 e. The summed E-state index contributed by atoms with van der Waals surface area (Å²) in [6.45, 7) is 1.61. The molecule has 1 saturated heterocycles. The number of aryl methyl sites for hydroxylation is 1. The van der Waals surface area contributed by atoms with Crippen molar-refractivity contribution in [2.45, 2.75) is 44.4 Å². The molecule has 4 bridgehead atoms. The molecule has 1 N–H and O–H groups in total. The van der Waals surface area contributed by atoms with E-state index in [1.54, 1.807) is 24.0 Å². The van der Waals surface area contributed by atoms with Crippen molar-refractivity contribution in [2.24, 2.45) is 0 Å². The molecule has 1 fully saturated rings. The molecule has 12 nitrogen and oxygen atoms in total. The lowest BCUT2D eigenvalue weighted by atomic mass is 10.0. The van der Waals surface area contributed by atoms with Gasteiger partial charge in [-0.05, 0) is 54.7 Å². The molecule has 0 unspecified atom stereocenters. The average Bonchev–Trinajstić information content (AvgIpc) is 3.58. The Bertz CT molecular complexity index is 1430. The van der Waals surface area contributed by atoms with Gasteiger partial charge in [0.05, 0.1) is 32.4 Å². The number of ether oxygens (including phenoxy) is 4. The molecule has 3 aromatic rings. The molecule has 234 valence electrons. The zero-order chi connectivity index (χ0) is 30.9. The molecule has 44 heavy (non-hydrogen) atoms. The number of nitrogens with zero attached hydrogens (tertiary/aromatic N) is 3. The summed E-state index contributed by atoms with van der Waals surface area (Å²) in [5.41, 5.74) is 1.99. The van der Waals surface area contributed by atoms with E-state index < -0.39 is 6.04 Å². The zero-order valence-corrected chi connectivity index (χ0v) is 25.0. The second kappa shape index (κ2) is 14.8. The van der Waals surface area contributed by atoms with Gasteiger partial charge in [0.1, 0.15) is 12.0 Å². The Hall–Kier alpha value is -4.42. The molecular formula is C32H38N4O8. The van der Waals surface area contributed by atoms with Gasteiger partial charge in [-0.25, -0.2) is 0 Å². The highest BCUT2D eigenvalue weighted by atomic mass is 16.5. The summed E-state index contributed by atoms with van der Waals surface area (Å²) in [5, 5.41) is 6.83. The van der Waals surface area contributed by atoms with Crippen LogP contribution >= 0.6 is 0 Å². The van der Waals surface area contributed by atoms with E-state index in [1.165, 1.54) is 12.3 Å². The first kappa shape index (κ1) is 31.0. The fourth-order valence-corrected chi connectivity index (χ4v) is 5.45. The summed E-state index contributed by atoms with van der Waals surface area (Å²) in [6.07, 6.45) is 2.72. The second-order valence-electron chi connectivity index (χ2n) is 10.8. The van der Waals surface area contributed by atoms with Crippen LogP contribution in [0.3, 0.4) is 0 Å². The number of carbonyl (C=O) groups excluding carboxylic acids is 3. The Morgan fingerprint density at radius 1 is 1.09 bits per heavy atom. The standard InChI is InChI=1S/C32H38N4O8/c1-40-15-4-13-35-20-30(37)33-26-19-36(32(39)25-12-16-43-34-25)14-11-27(26)42-21-23-5-3-6-24(17-23)44-28-9-7-22(8-10-31(35)38)18-29(28)41-2/h3,5-7,9,12,16-18,26-27H,4,8,10-11,13-15,19-21H2,1-2H3,(H,33,37)/t26-,27+/m0/s1. The van der Waals surface area contributed by atoms with Gasteiger partial charge in [0.25, 0.3) is 5.91 Å². The fourth-order valence-electron chi connectivity index (χ4n) is 5.45. The van der Waals surface area contributed by atoms with E-state index in [-0.39, 0.29) is 55.6 Å². The Labute approximate surface area is 256 Å². The van der Waals surface area contributed by atoms with Gasteiger partial charge < -0.3 is 38.6 Å². The van der Waals surface area contributed by atoms with E-state index in [9.17, 15) is 14.4 Å². The van der Waals surface area contributed by atoms with Crippen molar-refractivity contribution in [3.8, 4) is 17.2 Å². The maximum atomic E-state index is 13.4. The number of fused-ring (bicyclic) bond motifs is 9. The molecule has 2 aromatic carbocycles. The molecule has 0 saturated carbocycles. The van der Waals surface area contributed by atoms with Gasteiger partial charge in [-0.3, -0.25) is 14.4 Å². The summed E-state index contributed by atoms with van der Waals surface area (Å²) < 4.78 is 28.1. The number of hydrogen-bond donors (Lipinski definition) is 1. The summed E-state index contributed by atoms with van der Waals surface area (Å²) >= 11 is 0. The number of benzene rings is 2. The van der Waals surface area contributed by atoms with Crippen LogP contribution in [0.4, 0.5) is 0 Å². The lowest BCUT2D eigenvalue weighted by Gasteiger charge is -2.38. The van der Waals surface area contributed by atoms with Crippen molar-refractivity contribution in [2.75, 3.05) is 47.0 Å². The van der Waals surface area contributed by atoms with E-state index in [1.807, 2.05) is 42.5 Å². The van der Waals surface area contributed by atoms with Crippen molar-refractivity contribution in [1.82, 2.24) is 20.3 Å². The maximum Gasteiger partial charge on any atom is 0.276 e. The third-order valence-electron chi connectivity index (χ3n) is 7.75. The normalized spacial score (nSPS) is 19.7. The number of methoxy groups -OCH3 is 2. The Balaban J connectivity index is 1.41. The lowest BCUT2D eigenvalue weighted by molar-refractivity contribution is -0.137. The van der Waals surface area contributed by atoms with E-state index >= 15 is 0 Å². The Kier molecular flexibility index (Phi) is 10.5. The minimum absolute atomic E-state index is 0.124. The van der Waals surface area contributed by atoms with Gasteiger partial charge in [-0.1, -0.05) is 23.4 Å². The first-order chi connectivity index (χ1) is 21.4. The Morgan fingerprint density at radius 2 is 1.98 bits per heavy atom. The number of nitrogens with one attached hydrogen (secondary N) is 1. The molecule has 12 heteroatoms. The predicted octanol–water partition coefficient (Wildman–Crippen LogP) is 3.20. The summed E-state index contributed by atoms with van der Waals surface area (Å²) in [7, 11) is 3.18. The number of likely N-dealkylation sites (tertiary alicyclic amines) is 1. The first-order valence-electron chi connectivity index (χ1n) is 14.7. The average molecular weight is 607 g/mol. The first-order valence-corrected chi connectivity index (χ1v) is 14.7. The van der Waals surface area contributed by atoms with Gasteiger partial charge in [0.2, 0.25) is 11.8 Å². The number of carbonyl (C=O) groups is 3. The molecule has 3 aliphatic heterocycles. The number of piperidine rings is 1. The van der Waals surface area contributed by atoms with E-state index in [4.69, 9.17) is 23.5 Å². The fraction of sp³-hybridized carbons (Fsp3) is 0.438. The van der Waals surface area contributed by atoms with Crippen molar-refractivity contribution in [1.29, 1.82) is 0 Å². The number of hydrogen-bond acceptors (Lipinski definition) is 9. The van der Waals surface area contributed by atoms with Crippen LogP contribution in [0.1, 0.15) is 40.9 Å². The molecule has 3 amide bonds. The van der Waals surface area contributed by atoms with Gasteiger partial charge in [0.15, 0.2) is 17.2 Å². The number of rotatable bonds is 6. The smallest absolute Gasteiger partial charge is 0.276 e. The van der Waals surface area contributed by atoms with Gasteiger partial charge in [-0.2, -0.15) is 0 Å². The van der Waals surface area contributed by atoms with Gasteiger partial charge in [0, 0.05) is 45.8 Å². The molecule has 0 radical (unpaired) electrons. The molecule has 0 aliphatic carbocycles. The summed E-state index contributed by atoms with van der Waals surface area (Å²) in [5.74, 6) is 0.966. The zero-order valence-electron chi connectivity index (χ0n) is 25.0. The highest BCUT2D eigenvalue weighted by Crippen LogP contribution is 2.33. The van der Waals surface area contributed by atoms with Gasteiger partial charge in [-0.15, -0.1) is 0 Å². The quantitative estimate of drug-likeness (QED) is 0.420. The molecule has 0 spiro atoms. The van der Waals surface area contributed by atoms with Crippen LogP contribution in [0.5, 0.6) is 17.2 Å².